The van der Waals surface area contributed by atoms with Crippen molar-refractivity contribution in [3.05, 3.63) is 98.8 Å². The number of hydrogen-bond donors (Lipinski definition) is 9. The number of methoxy groups -OCH3 is 2. The fourth-order valence-electron chi connectivity index (χ4n) is 6.22. The Hall–Kier alpha value is -8.72. The second kappa shape index (κ2) is 33.0. The number of sulfonamides is 3. The number of aliphatic carboxylic acids is 1. The number of ether oxygens (including phenoxy) is 4. The van der Waals surface area contributed by atoms with Crippen molar-refractivity contribution in [3.63, 3.8) is 0 Å². The van der Waals surface area contributed by atoms with Gasteiger partial charge in [-0.15, -0.1) is 5.10 Å². The molecule has 4 heterocycles. The van der Waals surface area contributed by atoms with Gasteiger partial charge in [0.15, 0.2) is 22.2 Å². The van der Waals surface area contributed by atoms with E-state index in [0.29, 0.717) is 10.7 Å². The van der Waals surface area contributed by atoms with Crippen LogP contribution in [-0.4, -0.2) is 170 Å². The molecule has 0 aliphatic rings. The first-order chi connectivity index (χ1) is 42.4. The number of nitrogens with one attached hydrogen (secondary N) is 5. The van der Waals surface area contributed by atoms with Crippen LogP contribution in [0.2, 0.25) is 10.0 Å². The van der Waals surface area contributed by atoms with Crippen LogP contribution in [0.15, 0.2) is 86.5 Å². The number of hydrogen-bond acceptors (Lipinski definition) is 25. The van der Waals surface area contributed by atoms with Crippen LogP contribution >= 0.6 is 30.6 Å². The van der Waals surface area contributed by atoms with Gasteiger partial charge in [0.2, 0.25) is 45.4 Å². The maximum Gasteiger partial charge on any atom is 0.388 e. The van der Waals surface area contributed by atoms with Crippen LogP contribution in [0.25, 0.3) is 5.69 Å². The molecule has 6 rings (SSSR count). The van der Waals surface area contributed by atoms with Crippen LogP contribution in [-0.2, 0) is 49.3 Å². The highest BCUT2D eigenvalue weighted by atomic mass is 35.5. The zero-order valence-corrected chi connectivity index (χ0v) is 52.9. The van der Waals surface area contributed by atoms with Crippen molar-refractivity contribution in [3.8, 4) is 29.2 Å². The first-order valence-electron chi connectivity index (χ1n) is 24.1. The van der Waals surface area contributed by atoms with Crippen molar-refractivity contribution in [2.24, 2.45) is 5.73 Å². The fraction of sp³-hybridized carbons (Fsp3) is 0.295. The number of urea groups is 2. The quantitative estimate of drug-likeness (QED) is 0.0321. The normalized spacial score (nSPS) is 12.4. The van der Waals surface area contributed by atoms with E-state index in [1.54, 1.807) is 10.0 Å². The van der Waals surface area contributed by atoms with Crippen molar-refractivity contribution in [2.45, 2.75) is 60.9 Å². The second-order valence-electron chi connectivity index (χ2n) is 17.1. The molecule has 4 amide bonds. The lowest BCUT2D eigenvalue weighted by atomic mass is 10.2. The monoisotopic (exact) mass is 1450 g/mol. The molecule has 0 radical (unpaired) electrons. The van der Waals surface area contributed by atoms with Gasteiger partial charge in [0.1, 0.15) is 21.7 Å². The zero-order valence-electron chi connectivity index (χ0n) is 47.2. The average Bonchev–Trinajstić information content (AvgIpc) is 1.40. The molecule has 4 aromatic heterocycles. The standard InChI is InChI=1S/C14H10F4N4O7S.C14H17N5O7S2.C11H10Cl2F2N4O3S.C5H12NO4P/c15-11(16)28-8-5-9(29-12(17)18)20-13(19-8)21-14(25)22-30(26,27)7-4-2-1-3-6(7)10(23)24;1-4-27(21,22)9-6-5-7-15-12(9)28(23,24)19-14(20)18-13-16-10(25-2)8-11(17-13)26-3;1-5-16-19(11(20)18(5)10(14)15)9-4-8(17-23(2,21)22)6(12)3-7(9)13;1-11(9,10)3-2-4(6)5(7)8/h1-5,11-12H,(H,23,24)(H2,19,20,21,22,25);5-8H,4H2,1-3H3,(H2,16,17,18,19,20);3-4,10,17H,1-2H3;4H,2-3,6H2,1H3,(H,7,8)(H,9,10). The van der Waals surface area contributed by atoms with Crippen LogP contribution in [0.5, 0.6) is 23.5 Å². The topological polar surface area (TPSA) is 510 Å². The molecule has 0 fully saturated rings. The largest absolute Gasteiger partial charge is 0.481 e. The Kier molecular flexibility index (Phi) is 27.8. The average molecular weight is 1450 g/mol. The minimum Gasteiger partial charge on any atom is -0.481 e. The lowest BCUT2D eigenvalue weighted by Gasteiger charge is -2.11. The van der Waals surface area contributed by atoms with Crippen molar-refractivity contribution < 1.29 is 118 Å². The summed E-state index contributed by atoms with van der Waals surface area (Å²) in [6.07, 6.45) is 2.00. The Morgan fingerprint density at radius 1 is 0.739 bits per heavy atom. The summed E-state index contributed by atoms with van der Waals surface area (Å²) in [5.74, 6) is -6.34. The van der Waals surface area contributed by atoms with Crippen LogP contribution in [0.1, 0.15) is 36.1 Å². The van der Waals surface area contributed by atoms with Crippen LogP contribution in [0, 0.1) is 6.92 Å². The molecule has 2 aromatic carbocycles. The smallest absolute Gasteiger partial charge is 0.388 e. The first kappa shape index (κ1) is 77.5. The predicted octanol–water partition coefficient (Wildman–Crippen LogP) is 4.19. The van der Waals surface area contributed by atoms with E-state index in [2.05, 4.69) is 49.5 Å². The third-order valence-corrected chi connectivity index (χ3v) is 17.0. The minimum absolute atomic E-state index is 0.0257. The van der Waals surface area contributed by atoms with Gasteiger partial charge in [-0.3, -0.25) is 24.7 Å². The summed E-state index contributed by atoms with van der Waals surface area (Å²) in [5, 5.41) is 23.9. The summed E-state index contributed by atoms with van der Waals surface area (Å²) in [6.45, 7) is -6.13. The first-order valence-corrected chi connectivity index (χ1v) is 33.6. The molecular weight excluding hydrogens is 1400 g/mol. The van der Waals surface area contributed by atoms with Gasteiger partial charge < -0.3 is 39.8 Å². The molecule has 92 heavy (non-hydrogen) atoms. The third-order valence-electron chi connectivity index (χ3n) is 10.1. The summed E-state index contributed by atoms with van der Waals surface area (Å²) < 4.78 is 206. The van der Waals surface area contributed by atoms with Gasteiger partial charge in [0.05, 0.1) is 65.3 Å². The van der Waals surface area contributed by atoms with Crippen molar-refractivity contribution in [1.29, 1.82) is 0 Å². The molecule has 0 spiro atoms. The number of pyridine rings is 1. The molecular formula is C44H49Cl2F6N14O21PS4. The molecule has 0 saturated heterocycles. The van der Waals surface area contributed by atoms with E-state index < -0.39 is 141 Å². The SMILES string of the molecule is CCS(=O)(=O)c1cccnc1S(=O)(=O)NC(=O)Nc1nc(OC)cc(OC)n1.CP(=O)(O)CCC(N)C(=O)O.Cc1nn(-c2cc(NS(C)(=O)=O)c(Cl)cc2Cl)c(=O)n1C(F)F.O=C(Nc1nc(OC(F)F)cc(OC(F)F)n1)NS(=O)(=O)c1ccccc1C(=O)O. The number of aromatic nitrogens is 8. The Bertz CT molecular complexity index is 4210. The summed E-state index contributed by atoms with van der Waals surface area (Å²) in [5.41, 5.74) is 3.18. The number of halogens is 8. The number of aryl methyl sites for hydroxylation is 1. The molecule has 48 heteroatoms. The maximum absolute atomic E-state index is 12.8. The highest BCUT2D eigenvalue weighted by molar-refractivity contribution is 7.94. The number of nitrogens with two attached hydrogens (primary N) is 1. The van der Waals surface area contributed by atoms with Crippen LogP contribution in [0.4, 0.5) is 53.5 Å². The Labute approximate surface area is 525 Å². The Balaban J connectivity index is 0.000000335. The Morgan fingerprint density at radius 2 is 1.23 bits per heavy atom. The van der Waals surface area contributed by atoms with Gasteiger partial charge in [0, 0.05) is 19.0 Å². The molecule has 10 N–H and O–H groups in total. The summed E-state index contributed by atoms with van der Waals surface area (Å²) in [4.78, 5) is 82.6. The van der Waals surface area contributed by atoms with Gasteiger partial charge in [-0.1, -0.05) is 42.3 Å². The van der Waals surface area contributed by atoms with Gasteiger partial charge >= 0.3 is 49.5 Å². The molecule has 2 atom stereocenters. The van der Waals surface area contributed by atoms with E-state index in [-0.39, 0.29) is 67.9 Å². The summed E-state index contributed by atoms with van der Waals surface area (Å²) >= 11 is 11.8. The number of carbonyl (C=O) groups excluding carboxylic acids is 2. The number of carbonyl (C=O) groups is 4. The van der Waals surface area contributed by atoms with E-state index in [0.717, 1.165) is 36.7 Å². The van der Waals surface area contributed by atoms with Gasteiger partial charge in [-0.05, 0) is 49.7 Å². The van der Waals surface area contributed by atoms with E-state index in [9.17, 15) is 88.6 Å². The number of anilines is 3. The number of carboxylic acid groups (broad SMARTS) is 2. The molecule has 0 bridgehead atoms. The molecule has 0 aliphatic carbocycles. The van der Waals surface area contributed by atoms with Crippen molar-refractivity contribution in [1.82, 2.24) is 48.7 Å². The highest BCUT2D eigenvalue weighted by Crippen LogP contribution is 2.36. The third kappa shape index (κ3) is 24.1. The summed E-state index contributed by atoms with van der Waals surface area (Å²) in [6, 6.07) is 6.98. The number of alkyl halides is 6. The summed E-state index contributed by atoms with van der Waals surface area (Å²) in [7, 11) is -17.3. The highest BCUT2D eigenvalue weighted by Gasteiger charge is 2.30. The number of carboxylic acids is 2. The molecule has 35 nitrogen and oxygen atoms in total. The number of benzene rings is 2. The number of amides is 4. The predicted molar refractivity (Wildman–Crippen MR) is 308 cm³/mol. The van der Waals surface area contributed by atoms with Gasteiger partial charge in [-0.25, -0.2) is 63.4 Å². The maximum atomic E-state index is 12.8. The van der Waals surface area contributed by atoms with E-state index in [1.165, 1.54) is 69.8 Å². The number of aromatic carboxylic acids is 1. The fourth-order valence-corrected chi connectivity index (χ4v) is 11.8. The van der Waals surface area contributed by atoms with E-state index in [4.69, 9.17) is 53.5 Å². The van der Waals surface area contributed by atoms with Gasteiger partial charge in [0.25, 0.3) is 20.0 Å². The lowest BCUT2D eigenvalue weighted by molar-refractivity contribution is -0.138. The second-order valence-corrected chi connectivity index (χ2v) is 27.7. The van der Waals surface area contributed by atoms with Crippen LogP contribution in [0.3, 0.4) is 0 Å². The van der Waals surface area contributed by atoms with E-state index >= 15 is 0 Å². The minimum atomic E-state index is -4.71. The lowest BCUT2D eigenvalue weighted by Crippen LogP contribution is -2.36. The van der Waals surface area contributed by atoms with Crippen molar-refractivity contribution >= 4 is 112 Å². The van der Waals surface area contributed by atoms with Crippen molar-refractivity contribution in [2.75, 3.05) is 54.4 Å². The zero-order chi connectivity index (χ0) is 70.0. The molecule has 506 valence electrons. The number of nitrogens with zero attached hydrogens (tertiary/aromatic N) is 8. The molecule has 0 saturated carbocycles. The number of sulfone groups is 1. The molecule has 6 aromatic rings. The van der Waals surface area contributed by atoms with Gasteiger partial charge in [-0.2, -0.15) is 59.4 Å². The molecule has 0 aliphatic heterocycles. The Morgan fingerprint density at radius 3 is 1.67 bits per heavy atom. The molecule has 2 unspecified atom stereocenters. The number of rotatable bonds is 23. The van der Waals surface area contributed by atoms with Crippen LogP contribution < -0.4 is 55.2 Å². The van der Waals surface area contributed by atoms with E-state index in [1.807, 2.05) is 0 Å².